The van der Waals surface area contributed by atoms with Gasteiger partial charge >= 0.3 is 23.9 Å². The van der Waals surface area contributed by atoms with Gasteiger partial charge in [-0.3, -0.25) is 14.4 Å². The van der Waals surface area contributed by atoms with Gasteiger partial charge in [0, 0.05) is 38.2 Å². The highest BCUT2D eigenvalue weighted by Crippen LogP contribution is 2.62. The van der Waals surface area contributed by atoms with Crippen LogP contribution in [0.3, 0.4) is 0 Å². The van der Waals surface area contributed by atoms with Crippen molar-refractivity contribution in [2.75, 3.05) is 13.2 Å². The van der Waals surface area contributed by atoms with E-state index in [1.165, 1.54) is 19.9 Å². The lowest BCUT2D eigenvalue weighted by atomic mass is 9.72. The third-order valence-electron chi connectivity index (χ3n) is 12.0. The van der Waals surface area contributed by atoms with Crippen LogP contribution in [0.1, 0.15) is 65.9 Å². The number of carbonyl (C=O) groups is 4. The van der Waals surface area contributed by atoms with Crippen LogP contribution in [0.25, 0.3) is 6.08 Å². The van der Waals surface area contributed by atoms with Crippen LogP contribution in [0.2, 0.25) is 0 Å². The van der Waals surface area contributed by atoms with Gasteiger partial charge in [0.25, 0.3) is 0 Å². The van der Waals surface area contributed by atoms with Gasteiger partial charge in [0.1, 0.15) is 24.4 Å². The fourth-order valence-corrected chi connectivity index (χ4v) is 8.85. The molecule has 1 aliphatic carbocycles. The molecule has 17 nitrogen and oxygen atoms in total. The Hall–Kier alpha value is -3.52. The summed E-state index contributed by atoms with van der Waals surface area (Å²) in [7, 11) is 0. The Labute approximate surface area is 329 Å². The van der Waals surface area contributed by atoms with E-state index >= 15 is 0 Å². The molecule has 6 fully saturated rings. The zero-order valence-corrected chi connectivity index (χ0v) is 32.5. The number of ether oxygens (including phenoxy) is 10. The predicted octanol–water partition coefficient (Wildman–Crippen LogP) is 1.31. The number of aliphatic hydroxyl groups is 3. The molecular formula is C40H52O17. The number of epoxide rings is 1. The monoisotopic (exact) mass is 804 g/mol. The smallest absolute Gasteiger partial charge is 0.331 e. The highest BCUT2D eigenvalue weighted by Gasteiger charge is 2.76. The average molecular weight is 805 g/mol. The van der Waals surface area contributed by atoms with Gasteiger partial charge in [0.2, 0.25) is 12.1 Å². The summed E-state index contributed by atoms with van der Waals surface area (Å²) in [6, 6.07) is 9.42. The molecule has 1 saturated carbocycles. The fraction of sp³-hybridized carbons (Fsp3) is 0.700. The number of hydrogen-bond acceptors (Lipinski definition) is 17. The van der Waals surface area contributed by atoms with Crippen LogP contribution in [-0.2, 0) is 66.5 Å². The van der Waals surface area contributed by atoms with Crippen molar-refractivity contribution in [3.63, 3.8) is 0 Å². The van der Waals surface area contributed by atoms with E-state index in [9.17, 15) is 34.5 Å². The first-order valence-electron chi connectivity index (χ1n) is 19.6. The second-order valence-corrected chi connectivity index (χ2v) is 16.0. The Morgan fingerprint density at radius 3 is 2.11 bits per heavy atom. The van der Waals surface area contributed by atoms with Crippen molar-refractivity contribution >= 4 is 30.0 Å². The van der Waals surface area contributed by atoms with Gasteiger partial charge < -0.3 is 62.7 Å². The summed E-state index contributed by atoms with van der Waals surface area (Å²) < 4.78 is 59.4. The molecule has 5 saturated heterocycles. The summed E-state index contributed by atoms with van der Waals surface area (Å²) in [5.41, 5.74) is 0.102. The van der Waals surface area contributed by atoms with Crippen LogP contribution in [0.15, 0.2) is 36.4 Å². The van der Waals surface area contributed by atoms with Gasteiger partial charge in [0.15, 0.2) is 30.2 Å². The number of aliphatic hydroxyl groups excluding tert-OH is 3. The van der Waals surface area contributed by atoms with Crippen LogP contribution in [0.4, 0.5) is 0 Å². The van der Waals surface area contributed by atoms with Gasteiger partial charge in [-0.25, -0.2) is 4.79 Å². The molecule has 0 amide bonds. The van der Waals surface area contributed by atoms with Crippen molar-refractivity contribution in [1.29, 1.82) is 0 Å². The lowest BCUT2D eigenvalue weighted by Crippen LogP contribution is -2.64. The predicted molar refractivity (Wildman–Crippen MR) is 191 cm³/mol. The highest BCUT2D eigenvalue weighted by atomic mass is 16.8. The maximum Gasteiger partial charge on any atom is 0.331 e. The Balaban J connectivity index is 1.04. The third-order valence-corrected chi connectivity index (χ3v) is 12.0. The van der Waals surface area contributed by atoms with Crippen LogP contribution >= 0.6 is 0 Å². The van der Waals surface area contributed by atoms with Crippen LogP contribution in [0.5, 0.6) is 0 Å². The number of benzene rings is 1. The minimum absolute atomic E-state index is 0.109. The van der Waals surface area contributed by atoms with E-state index in [-0.39, 0.29) is 31.3 Å². The molecule has 314 valence electrons. The summed E-state index contributed by atoms with van der Waals surface area (Å²) >= 11 is 0. The topological polar surface area (TPSA) is 225 Å². The minimum atomic E-state index is -1.73. The number of esters is 4. The Morgan fingerprint density at radius 2 is 1.44 bits per heavy atom. The molecule has 1 aromatic carbocycles. The van der Waals surface area contributed by atoms with Crippen molar-refractivity contribution in [2.24, 2.45) is 17.8 Å². The molecule has 5 heterocycles. The molecule has 57 heavy (non-hydrogen) atoms. The number of hydrogen-bond donors (Lipinski definition) is 3. The van der Waals surface area contributed by atoms with E-state index in [2.05, 4.69) is 0 Å². The molecule has 7 rings (SSSR count). The standard InChI is InChI=1S/C40H52O17/c1-19-17-48-40(16-28(19)54-29(43)14-11-24-9-7-6-8-10-24)39(18-49-39)26-13-12-25(15-27(26)57-40)36(47)56-38-35(34(53-23(5)42)31(45)21(3)51-38)55-37-32(46)33(52-22(4)41)30(44)20(2)50-37/h6-11,14,19-21,25-28,30-35,37-38,44-46H,12-13,15-18H2,1-5H3/b14-11+/t19-,20-,21-,25-,26-,27+,28+,30-,31-,32-,33+,34+,35-,37+,38+,39-,40+/m1/s1. The Kier molecular flexibility index (Phi) is 12.1. The van der Waals surface area contributed by atoms with Gasteiger partial charge in [-0.2, -0.15) is 0 Å². The molecule has 3 N–H and O–H groups in total. The summed E-state index contributed by atoms with van der Waals surface area (Å²) in [6.45, 7) is 7.81. The number of fused-ring (bicyclic) bond motifs is 3. The van der Waals surface area contributed by atoms with Crippen LogP contribution in [-0.4, -0.2) is 137 Å². The van der Waals surface area contributed by atoms with Crippen molar-refractivity contribution in [3.8, 4) is 0 Å². The second-order valence-electron chi connectivity index (χ2n) is 16.0. The van der Waals surface area contributed by atoms with Crippen molar-refractivity contribution in [3.05, 3.63) is 42.0 Å². The first-order valence-corrected chi connectivity index (χ1v) is 19.6. The summed E-state index contributed by atoms with van der Waals surface area (Å²) in [5, 5.41) is 32.7. The molecule has 6 aliphatic rings. The second kappa shape index (κ2) is 16.6. The van der Waals surface area contributed by atoms with Crippen molar-refractivity contribution in [2.45, 2.75) is 145 Å². The third kappa shape index (κ3) is 8.36. The largest absolute Gasteiger partial charge is 0.459 e. The van der Waals surface area contributed by atoms with E-state index in [4.69, 9.17) is 47.4 Å². The molecule has 0 unspecified atom stereocenters. The maximum atomic E-state index is 14.0. The highest BCUT2D eigenvalue weighted by molar-refractivity contribution is 5.87. The van der Waals surface area contributed by atoms with Gasteiger partial charge in [-0.15, -0.1) is 0 Å². The molecule has 0 aromatic heterocycles. The average Bonchev–Trinajstić information content (AvgIpc) is 3.94. The van der Waals surface area contributed by atoms with E-state index in [0.717, 1.165) is 19.4 Å². The van der Waals surface area contributed by atoms with E-state index in [1.807, 2.05) is 37.3 Å². The van der Waals surface area contributed by atoms with Gasteiger partial charge in [-0.1, -0.05) is 37.3 Å². The van der Waals surface area contributed by atoms with Crippen LogP contribution < -0.4 is 0 Å². The molecule has 17 atom stereocenters. The molecule has 2 spiro atoms. The maximum absolute atomic E-state index is 14.0. The summed E-state index contributed by atoms with van der Waals surface area (Å²) in [5.74, 6) is -4.80. The quantitative estimate of drug-likeness (QED) is 0.139. The van der Waals surface area contributed by atoms with Crippen molar-refractivity contribution in [1.82, 2.24) is 0 Å². The zero-order valence-electron chi connectivity index (χ0n) is 32.5. The van der Waals surface area contributed by atoms with E-state index in [1.54, 1.807) is 6.08 Å². The van der Waals surface area contributed by atoms with Gasteiger partial charge in [-0.05, 0) is 44.7 Å². The normalized spacial score (nSPS) is 44.0. The van der Waals surface area contributed by atoms with Gasteiger partial charge in [0.05, 0.1) is 37.4 Å². The molecule has 1 aromatic rings. The lowest BCUT2D eigenvalue weighted by Gasteiger charge is -2.46. The Bertz CT molecular complexity index is 1670. The lowest BCUT2D eigenvalue weighted by molar-refractivity contribution is -0.358. The molecule has 17 heteroatoms. The first kappa shape index (κ1) is 41.6. The summed E-state index contributed by atoms with van der Waals surface area (Å²) in [4.78, 5) is 50.9. The first-order chi connectivity index (χ1) is 27.1. The number of rotatable bonds is 9. The minimum Gasteiger partial charge on any atom is -0.459 e. The van der Waals surface area contributed by atoms with E-state index < -0.39 is 115 Å². The van der Waals surface area contributed by atoms with E-state index in [0.29, 0.717) is 19.4 Å². The Morgan fingerprint density at radius 1 is 0.789 bits per heavy atom. The van der Waals surface area contributed by atoms with Crippen LogP contribution in [0, 0.1) is 17.8 Å². The summed E-state index contributed by atoms with van der Waals surface area (Å²) in [6.07, 6.45) is -10.6. The molecule has 0 bridgehead atoms. The van der Waals surface area contributed by atoms with Crippen molar-refractivity contribution < 1.29 is 81.9 Å². The SMILES string of the molecule is CC(=O)O[C@@H]1[C@@H](O)[C@H](O[C@H]2[C@H](OC(=O)[C@@H]3CC[C@@H]4[C@H](C3)O[C@@]3(C[C@H](OC(=O)/C=C/c5ccccc5)[C@H](C)CO3)[C@@]43CO3)O[C@H](C)[C@@H](O)[C@@H]2OC(C)=O)O[C@H](C)[C@H]1O. The molecular weight excluding hydrogens is 752 g/mol. The molecule has 5 aliphatic heterocycles. The number of carbonyl (C=O) groups excluding carboxylic acids is 4. The zero-order chi connectivity index (χ0) is 40.8. The fourth-order valence-electron chi connectivity index (χ4n) is 8.85. The molecule has 0 radical (unpaired) electrons.